The fourth-order valence-electron chi connectivity index (χ4n) is 4.58. The van der Waals surface area contributed by atoms with Crippen LogP contribution in [0.3, 0.4) is 0 Å². The molecule has 1 fully saturated rings. The Kier molecular flexibility index (Phi) is 2.60. The van der Waals surface area contributed by atoms with Gasteiger partial charge in [0.05, 0.1) is 6.10 Å². The molecule has 1 saturated carbocycles. The van der Waals surface area contributed by atoms with Crippen molar-refractivity contribution in [2.24, 2.45) is 11.3 Å². The van der Waals surface area contributed by atoms with E-state index in [0.717, 1.165) is 12.3 Å². The van der Waals surface area contributed by atoms with Gasteiger partial charge in [0.25, 0.3) is 0 Å². The lowest BCUT2D eigenvalue weighted by Crippen LogP contribution is -2.52. The van der Waals surface area contributed by atoms with Crippen LogP contribution in [0.25, 0.3) is 5.76 Å². The highest BCUT2D eigenvalue weighted by Gasteiger charge is 2.56. The fraction of sp³-hybridized carbons (Fsp3) is 0.474. The van der Waals surface area contributed by atoms with Crippen LogP contribution >= 0.6 is 0 Å². The second kappa shape index (κ2) is 4.25. The molecule has 3 aliphatic rings. The van der Waals surface area contributed by atoms with Crippen LogP contribution in [0, 0.1) is 11.3 Å². The first-order valence-electron chi connectivity index (χ1n) is 7.82. The van der Waals surface area contributed by atoms with Gasteiger partial charge in [0.15, 0.2) is 0 Å². The summed E-state index contributed by atoms with van der Waals surface area (Å²) in [5, 5.41) is 0. The highest BCUT2D eigenvalue weighted by Crippen LogP contribution is 2.64. The first kappa shape index (κ1) is 12.3. The lowest BCUT2D eigenvalue weighted by Gasteiger charge is -2.58. The molecule has 1 aromatic rings. The molecule has 0 saturated heterocycles. The molecule has 1 aliphatic heterocycles. The average molecular weight is 266 g/mol. The van der Waals surface area contributed by atoms with Crippen molar-refractivity contribution in [3.05, 3.63) is 53.1 Å². The van der Waals surface area contributed by atoms with Crippen molar-refractivity contribution in [1.29, 1.82) is 0 Å². The summed E-state index contributed by atoms with van der Waals surface area (Å²) in [5.41, 5.74) is 4.82. The molecule has 2 aliphatic carbocycles. The lowest BCUT2D eigenvalue weighted by atomic mass is 9.49. The third-order valence-corrected chi connectivity index (χ3v) is 5.64. The Morgan fingerprint density at radius 1 is 1.20 bits per heavy atom. The first-order valence-corrected chi connectivity index (χ1v) is 7.82. The third kappa shape index (κ3) is 1.55. The Hall–Kier alpha value is -1.50. The molecule has 1 heterocycles. The van der Waals surface area contributed by atoms with Crippen molar-refractivity contribution in [2.75, 3.05) is 0 Å². The van der Waals surface area contributed by atoms with Crippen molar-refractivity contribution in [3.63, 3.8) is 0 Å². The number of rotatable bonds is 1. The molecule has 1 aromatic carbocycles. The maximum Gasteiger partial charge on any atom is 0.127 e. The van der Waals surface area contributed by atoms with Crippen molar-refractivity contribution >= 4 is 5.76 Å². The molecular weight excluding hydrogens is 244 g/mol. The zero-order valence-electron chi connectivity index (χ0n) is 12.4. The van der Waals surface area contributed by atoms with Crippen molar-refractivity contribution in [3.8, 4) is 0 Å². The van der Waals surface area contributed by atoms with Crippen LogP contribution in [0.1, 0.15) is 45.1 Å². The highest BCUT2D eigenvalue weighted by molar-refractivity contribution is 5.67. The molecule has 1 nitrogen and oxygen atoms in total. The van der Waals surface area contributed by atoms with E-state index in [0.29, 0.717) is 11.5 Å². The van der Waals surface area contributed by atoms with Gasteiger partial charge in [-0.1, -0.05) is 42.0 Å². The second-order valence-electron chi connectivity index (χ2n) is 6.73. The number of hydrogen-bond acceptors (Lipinski definition) is 1. The quantitative estimate of drug-likeness (QED) is 0.653. The van der Waals surface area contributed by atoms with Gasteiger partial charge in [-0.05, 0) is 45.1 Å². The largest absolute Gasteiger partial charge is 0.490 e. The Balaban J connectivity index is 1.88. The lowest BCUT2D eigenvalue weighted by molar-refractivity contribution is -0.0543. The summed E-state index contributed by atoms with van der Waals surface area (Å²) < 4.78 is 6.36. The normalized spacial score (nSPS) is 35.4. The molecule has 0 bridgehead atoms. The van der Waals surface area contributed by atoms with Gasteiger partial charge >= 0.3 is 0 Å². The maximum absolute atomic E-state index is 6.36. The minimum Gasteiger partial charge on any atom is -0.490 e. The van der Waals surface area contributed by atoms with Gasteiger partial charge in [-0.3, -0.25) is 0 Å². The Morgan fingerprint density at radius 2 is 2.00 bits per heavy atom. The molecule has 0 aromatic heterocycles. The molecule has 0 radical (unpaired) electrons. The van der Waals surface area contributed by atoms with E-state index >= 15 is 0 Å². The number of hydrogen-bond donors (Lipinski definition) is 0. The SMILES string of the molecule is CC1=CCC2=C(c3ccccc3)O[C@@H](C)[C@H]3CC[C@@]23C1. The molecule has 1 spiro atoms. The predicted octanol–water partition coefficient (Wildman–Crippen LogP) is 4.95. The molecule has 20 heavy (non-hydrogen) atoms. The third-order valence-electron chi connectivity index (χ3n) is 5.64. The van der Waals surface area contributed by atoms with Gasteiger partial charge in [-0.25, -0.2) is 0 Å². The van der Waals surface area contributed by atoms with Crippen LogP contribution in [-0.4, -0.2) is 6.10 Å². The van der Waals surface area contributed by atoms with E-state index in [1.165, 1.54) is 30.6 Å². The summed E-state index contributed by atoms with van der Waals surface area (Å²) in [7, 11) is 0. The smallest absolute Gasteiger partial charge is 0.127 e. The molecule has 1 heteroatoms. The van der Waals surface area contributed by atoms with Crippen LogP contribution in [-0.2, 0) is 4.74 Å². The fourth-order valence-corrected chi connectivity index (χ4v) is 4.58. The van der Waals surface area contributed by atoms with Crippen molar-refractivity contribution in [1.82, 2.24) is 0 Å². The van der Waals surface area contributed by atoms with E-state index in [9.17, 15) is 0 Å². The maximum atomic E-state index is 6.36. The van der Waals surface area contributed by atoms with E-state index in [2.05, 4.69) is 50.3 Å². The highest BCUT2D eigenvalue weighted by atomic mass is 16.5. The zero-order valence-corrected chi connectivity index (χ0v) is 12.4. The number of benzene rings is 1. The molecular formula is C19H22O. The van der Waals surface area contributed by atoms with Crippen molar-refractivity contribution in [2.45, 2.75) is 45.6 Å². The van der Waals surface area contributed by atoms with E-state index < -0.39 is 0 Å². The number of ether oxygens (including phenoxy) is 1. The van der Waals surface area contributed by atoms with Crippen LogP contribution in [0.15, 0.2) is 47.6 Å². The van der Waals surface area contributed by atoms with Gasteiger partial charge in [0, 0.05) is 16.9 Å². The van der Waals surface area contributed by atoms with E-state index in [1.54, 1.807) is 11.1 Å². The average Bonchev–Trinajstić information content (AvgIpc) is 2.44. The van der Waals surface area contributed by atoms with Gasteiger partial charge in [-0.15, -0.1) is 0 Å². The summed E-state index contributed by atoms with van der Waals surface area (Å²) in [5.74, 6) is 1.91. The molecule has 104 valence electrons. The summed E-state index contributed by atoms with van der Waals surface area (Å²) in [4.78, 5) is 0. The molecule has 0 unspecified atom stereocenters. The zero-order chi connectivity index (χ0) is 13.7. The van der Waals surface area contributed by atoms with Crippen LogP contribution in [0.4, 0.5) is 0 Å². The van der Waals surface area contributed by atoms with Gasteiger partial charge < -0.3 is 4.74 Å². The molecule has 3 atom stereocenters. The van der Waals surface area contributed by atoms with Gasteiger partial charge in [0.2, 0.25) is 0 Å². The van der Waals surface area contributed by atoms with Crippen LogP contribution in [0.5, 0.6) is 0 Å². The summed E-state index contributed by atoms with van der Waals surface area (Å²) in [6, 6.07) is 10.7. The van der Waals surface area contributed by atoms with Gasteiger partial charge in [-0.2, -0.15) is 0 Å². The van der Waals surface area contributed by atoms with E-state index in [-0.39, 0.29) is 0 Å². The summed E-state index contributed by atoms with van der Waals surface area (Å²) >= 11 is 0. The van der Waals surface area contributed by atoms with Crippen molar-refractivity contribution < 1.29 is 4.74 Å². The summed E-state index contributed by atoms with van der Waals surface area (Å²) in [6.45, 7) is 4.56. The minimum absolute atomic E-state index is 0.355. The first-order chi connectivity index (χ1) is 9.71. The summed E-state index contributed by atoms with van der Waals surface area (Å²) in [6.07, 6.45) is 7.77. The standard InChI is InChI=1S/C19H22O/c1-13-8-9-17-18(15-6-4-3-5-7-15)20-14(2)16-10-11-19(16,17)12-13/h3-8,14,16H,9-12H2,1-2H3/t14-,16+,19-/m0/s1. The Labute approximate surface area is 121 Å². The predicted molar refractivity (Wildman–Crippen MR) is 82.1 cm³/mol. The molecule has 0 N–H and O–H groups in total. The van der Waals surface area contributed by atoms with E-state index in [4.69, 9.17) is 4.74 Å². The van der Waals surface area contributed by atoms with Gasteiger partial charge in [0.1, 0.15) is 5.76 Å². The Bertz CT molecular complexity index is 595. The topological polar surface area (TPSA) is 9.23 Å². The molecule has 4 rings (SSSR count). The Morgan fingerprint density at radius 3 is 2.70 bits per heavy atom. The molecule has 0 amide bonds. The monoisotopic (exact) mass is 266 g/mol. The second-order valence-corrected chi connectivity index (χ2v) is 6.73. The minimum atomic E-state index is 0.355. The number of allylic oxidation sites excluding steroid dienone is 3. The van der Waals surface area contributed by atoms with Crippen LogP contribution < -0.4 is 0 Å². The van der Waals surface area contributed by atoms with E-state index in [1.807, 2.05) is 0 Å². The van der Waals surface area contributed by atoms with Crippen LogP contribution in [0.2, 0.25) is 0 Å².